The highest BCUT2D eigenvalue weighted by Crippen LogP contribution is 2.27. The normalized spacial score (nSPS) is 16.1. The fourth-order valence-corrected chi connectivity index (χ4v) is 2.71. The summed E-state index contributed by atoms with van der Waals surface area (Å²) >= 11 is 0. The number of rotatable bonds is 6. The van der Waals surface area contributed by atoms with Crippen LogP contribution < -0.4 is 15.5 Å². The van der Waals surface area contributed by atoms with Gasteiger partial charge in [-0.25, -0.2) is 0 Å². The summed E-state index contributed by atoms with van der Waals surface area (Å²) in [4.78, 5) is 30.0. The van der Waals surface area contributed by atoms with Crippen molar-refractivity contribution in [2.45, 2.75) is 25.8 Å². The predicted molar refractivity (Wildman–Crippen MR) is 92.0 cm³/mol. The van der Waals surface area contributed by atoms with Gasteiger partial charge in [-0.05, 0) is 29.6 Å². The second-order valence-corrected chi connectivity index (χ2v) is 6.25. The van der Waals surface area contributed by atoms with Gasteiger partial charge in [0.2, 0.25) is 17.7 Å². The first-order chi connectivity index (χ1) is 12.0. The second kappa shape index (κ2) is 7.33. The molecule has 0 spiro atoms. The molecule has 2 heterocycles. The molecule has 1 atom stereocenters. The molecule has 0 saturated heterocycles. The number of para-hydroxylation sites is 1. The number of hydrogen-bond donors (Lipinski definition) is 2. The van der Waals surface area contributed by atoms with Crippen molar-refractivity contribution in [1.29, 1.82) is 0 Å². The van der Waals surface area contributed by atoms with E-state index in [0.717, 1.165) is 11.3 Å². The van der Waals surface area contributed by atoms with Crippen molar-refractivity contribution in [1.82, 2.24) is 15.5 Å². The Hall–Kier alpha value is -2.90. The van der Waals surface area contributed by atoms with Gasteiger partial charge in [0, 0.05) is 32.1 Å². The molecule has 1 aliphatic rings. The average molecular weight is 343 g/mol. The predicted octanol–water partition coefficient (Wildman–Crippen LogP) is 1.34. The van der Waals surface area contributed by atoms with Crippen LogP contribution in [-0.2, 0) is 22.6 Å². The molecule has 1 aromatic heterocycles. The third-order valence-electron chi connectivity index (χ3n) is 4.13. The van der Waals surface area contributed by atoms with E-state index in [0.29, 0.717) is 24.7 Å². The summed E-state index contributed by atoms with van der Waals surface area (Å²) < 4.78 is 5.05. The number of nitrogens with one attached hydrogen (secondary N) is 2. The number of carbonyl (C=O) groups excluding carboxylic acids is 2. The minimum Gasteiger partial charge on any atom is -0.347 e. The lowest BCUT2D eigenvalue weighted by Gasteiger charge is -2.24. The van der Waals surface area contributed by atoms with Crippen molar-refractivity contribution in [2.24, 2.45) is 5.92 Å². The number of amides is 2. The first-order valence-corrected chi connectivity index (χ1v) is 8.18. The Morgan fingerprint density at radius 2 is 2.20 bits per heavy atom. The van der Waals surface area contributed by atoms with Crippen LogP contribution in [0.1, 0.15) is 24.3 Å². The molecule has 0 unspecified atom stereocenters. The zero-order chi connectivity index (χ0) is 17.8. The van der Waals surface area contributed by atoms with Gasteiger partial charge >= 0.3 is 0 Å². The van der Waals surface area contributed by atoms with Gasteiger partial charge in [-0.3, -0.25) is 9.59 Å². The summed E-state index contributed by atoms with van der Waals surface area (Å²) in [6.07, 6.45) is 1.43. The van der Waals surface area contributed by atoms with E-state index >= 15 is 0 Å². The summed E-state index contributed by atoms with van der Waals surface area (Å²) in [6, 6.07) is 7.74. The van der Waals surface area contributed by atoms with Gasteiger partial charge in [-0.1, -0.05) is 18.2 Å². The Balaban J connectivity index is 1.46. The SMILES string of the molecule is CN(C)c1noc(CNC(=O)CC[C@H]2Cc3ccccc3NC2=O)n1. The van der Waals surface area contributed by atoms with E-state index in [1.807, 2.05) is 24.3 Å². The zero-order valence-electron chi connectivity index (χ0n) is 14.3. The van der Waals surface area contributed by atoms with Crippen LogP contribution in [0.25, 0.3) is 0 Å². The summed E-state index contributed by atoms with van der Waals surface area (Å²) in [6.45, 7) is 0.180. The van der Waals surface area contributed by atoms with Crippen molar-refractivity contribution in [3.8, 4) is 0 Å². The van der Waals surface area contributed by atoms with Gasteiger partial charge in [0.05, 0.1) is 6.54 Å². The Kier molecular flexibility index (Phi) is 4.97. The van der Waals surface area contributed by atoms with Crippen molar-refractivity contribution >= 4 is 23.5 Å². The molecule has 0 saturated carbocycles. The molecule has 25 heavy (non-hydrogen) atoms. The molecule has 0 aliphatic carbocycles. The maximum atomic E-state index is 12.1. The van der Waals surface area contributed by atoms with Gasteiger partial charge in [0.1, 0.15) is 0 Å². The highest BCUT2D eigenvalue weighted by atomic mass is 16.5. The van der Waals surface area contributed by atoms with E-state index in [-0.39, 0.29) is 30.7 Å². The number of nitrogens with zero attached hydrogens (tertiary/aromatic N) is 3. The van der Waals surface area contributed by atoms with Gasteiger partial charge in [-0.2, -0.15) is 4.98 Å². The smallest absolute Gasteiger partial charge is 0.265 e. The number of fused-ring (bicyclic) bond motifs is 1. The quantitative estimate of drug-likeness (QED) is 0.821. The third kappa shape index (κ3) is 4.14. The Morgan fingerprint density at radius 3 is 2.96 bits per heavy atom. The molecule has 2 N–H and O–H groups in total. The van der Waals surface area contributed by atoms with E-state index in [1.165, 1.54) is 0 Å². The first-order valence-electron chi connectivity index (χ1n) is 8.18. The van der Waals surface area contributed by atoms with Crippen LogP contribution in [-0.4, -0.2) is 36.1 Å². The third-order valence-corrected chi connectivity index (χ3v) is 4.13. The monoisotopic (exact) mass is 343 g/mol. The van der Waals surface area contributed by atoms with Crippen LogP contribution in [0.15, 0.2) is 28.8 Å². The van der Waals surface area contributed by atoms with Crippen LogP contribution in [0.3, 0.4) is 0 Å². The average Bonchev–Trinajstić information content (AvgIpc) is 3.07. The molecular weight excluding hydrogens is 322 g/mol. The highest BCUT2D eigenvalue weighted by Gasteiger charge is 2.26. The van der Waals surface area contributed by atoms with Crippen LogP contribution >= 0.6 is 0 Å². The lowest BCUT2D eigenvalue weighted by molar-refractivity contribution is -0.123. The van der Waals surface area contributed by atoms with Crippen molar-refractivity contribution in [2.75, 3.05) is 24.3 Å². The van der Waals surface area contributed by atoms with Crippen LogP contribution in [0.5, 0.6) is 0 Å². The van der Waals surface area contributed by atoms with Crippen molar-refractivity contribution in [3.05, 3.63) is 35.7 Å². The van der Waals surface area contributed by atoms with Gasteiger partial charge < -0.3 is 20.1 Å². The maximum absolute atomic E-state index is 12.1. The van der Waals surface area contributed by atoms with E-state index < -0.39 is 0 Å². The number of anilines is 2. The van der Waals surface area contributed by atoms with Crippen LogP contribution in [0.2, 0.25) is 0 Å². The highest BCUT2D eigenvalue weighted by molar-refractivity contribution is 5.96. The summed E-state index contributed by atoms with van der Waals surface area (Å²) in [7, 11) is 3.61. The summed E-state index contributed by atoms with van der Waals surface area (Å²) in [5, 5.41) is 9.42. The molecule has 8 nitrogen and oxygen atoms in total. The van der Waals surface area contributed by atoms with E-state index in [9.17, 15) is 9.59 Å². The first kappa shape index (κ1) is 16.9. The van der Waals surface area contributed by atoms with Crippen molar-refractivity contribution in [3.63, 3.8) is 0 Å². The van der Waals surface area contributed by atoms with E-state index in [2.05, 4.69) is 20.8 Å². The molecule has 0 fully saturated rings. The van der Waals surface area contributed by atoms with E-state index in [1.54, 1.807) is 19.0 Å². The standard InChI is InChI=1S/C17H21N5O3/c1-22(2)17-20-15(25-21-17)10-18-14(23)8-7-12-9-11-5-3-4-6-13(11)19-16(12)24/h3-6,12H,7-10H2,1-2H3,(H,18,23)(H,19,24)/t12-/m0/s1. The lowest BCUT2D eigenvalue weighted by atomic mass is 9.89. The number of carbonyl (C=O) groups is 2. The molecule has 3 rings (SSSR count). The Labute approximate surface area is 145 Å². The Bertz CT molecular complexity index is 771. The number of hydrogen-bond acceptors (Lipinski definition) is 6. The minimum absolute atomic E-state index is 0.0287. The fourth-order valence-electron chi connectivity index (χ4n) is 2.71. The molecule has 2 amide bonds. The van der Waals surface area contributed by atoms with Gasteiger partial charge in [0.25, 0.3) is 5.95 Å². The van der Waals surface area contributed by atoms with Crippen LogP contribution in [0.4, 0.5) is 11.6 Å². The largest absolute Gasteiger partial charge is 0.347 e. The fraction of sp³-hybridized carbons (Fsp3) is 0.412. The molecule has 1 aromatic carbocycles. The van der Waals surface area contributed by atoms with Gasteiger partial charge in [-0.15, -0.1) is 0 Å². The van der Waals surface area contributed by atoms with Crippen LogP contribution in [0, 0.1) is 5.92 Å². The maximum Gasteiger partial charge on any atom is 0.265 e. The molecular formula is C17H21N5O3. The molecule has 8 heteroatoms. The molecule has 132 valence electrons. The topological polar surface area (TPSA) is 100 Å². The second-order valence-electron chi connectivity index (χ2n) is 6.25. The summed E-state index contributed by atoms with van der Waals surface area (Å²) in [5.74, 6) is 0.447. The lowest BCUT2D eigenvalue weighted by Crippen LogP contribution is -2.31. The zero-order valence-corrected chi connectivity index (χ0v) is 14.3. The minimum atomic E-state index is -0.190. The number of benzene rings is 1. The summed E-state index contributed by atoms with van der Waals surface area (Å²) in [5.41, 5.74) is 1.97. The molecule has 0 bridgehead atoms. The Morgan fingerprint density at radius 1 is 1.40 bits per heavy atom. The molecule has 0 radical (unpaired) electrons. The molecule has 1 aliphatic heterocycles. The number of aromatic nitrogens is 2. The molecule has 2 aromatic rings. The van der Waals surface area contributed by atoms with Gasteiger partial charge in [0.15, 0.2) is 0 Å². The van der Waals surface area contributed by atoms with Crippen molar-refractivity contribution < 1.29 is 14.1 Å². The van der Waals surface area contributed by atoms with E-state index in [4.69, 9.17) is 4.52 Å².